The van der Waals surface area contributed by atoms with E-state index < -0.39 is 30.3 Å². The Balaban J connectivity index is 1.39. The van der Waals surface area contributed by atoms with Gasteiger partial charge in [0.1, 0.15) is 5.75 Å². The van der Waals surface area contributed by atoms with Crippen molar-refractivity contribution in [3.63, 3.8) is 0 Å². The summed E-state index contributed by atoms with van der Waals surface area (Å²) in [6.45, 7) is -0.207. The molecular weight excluding hydrogens is 549 g/mol. The van der Waals surface area contributed by atoms with Gasteiger partial charge in [0.15, 0.2) is 0 Å². The first kappa shape index (κ1) is 30.2. The lowest BCUT2D eigenvalue weighted by molar-refractivity contribution is -0.190. The number of carbonyl (C=O) groups excluding carboxylic acids is 2. The van der Waals surface area contributed by atoms with Crippen LogP contribution in [0.15, 0.2) is 54.6 Å². The van der Waals surface area contributed by atoms with E-state index in [9.17, 15) is 22.8 Å². The monoisotopic (exact) mass is 588 g/mol. The van der Waals surface area contributed by atoms with E-state index in [0.717, 1.165) is 37.0 Å². The van der Waals surface area contributed by atoms with Crippen molar-refractivity contribution in [2.75, 3.05) is 20.8 Å². The zero-order valence-electron chi connectivity index (χ0n) is 24.1. The molecule has 0 aromatic heterocycles. The predicted octanol–water partition coefficient (Wildman–Crippen LogP) is 6.32. The van der Waals surface area contributed by atoms with E-state index in [1.807, 2.05) is 18.2 Å². The molecule has 3 aliphatic rings. The molecule has 0 radical (unpaired) electrons. The third-order valence-corrected chi connectivity index (χ3v) is 9.29. The number of amides is 2. The van der Waals surface area contributed by atoms with Crippen molar-refractivity contribution in [3.05, 3.63) is 65.7 Å². The van der Waals surface area contributed by atoms with Crippen molar-refractivity contribution in [3.8, 4) is 5.75 Å². The molecule has 0 spiro atoms. The fourth-order valence-corrected chi connectivity index (χ4v) is 7.33. The molecule has 1 saturated heterocycles. The zero-order chi connectivity index (χ0) is 29.9. The van der Waals surface area contributed by atoms with Gasteiger partial charge in [0.25, 0.3) is 0 Å². The van der Waals surface area contributed by atoms with Crippen LogP contribution in [-0.4, -0.2) is 73.0 Å². The minimum atomic E-state index is -5.07. The van der Waals surface area contributed by atoms with Crippen LogP contribution in [0.3, 0.4) is 0 Å². The second kappa shape index (κ2) is 12.9. The largest absolute Gasteiger partial charge is 0.497 e. The van der Waals surface area contributed by atoms with E-state index in [1.54, 1.807) is 29.2 Å². The van der Waals surface area contributed by atoms with Gasteiger partial charge in [-0.05, 0) is 67.7 Å². The summed E-state index contributed by atoms with van der Waals surface area (Å²) in [7, 11) is 2.78. The highest BCUT2D eigenvalue weighted by Gasteiger charge is 2.58. The maximum Gasteiger partial charge on any atom is 0.471 e. The van der Waals surface area contributed by atoms with Crippen LogP contribution in [0, 0.1) is 5.92 Å². The number of carbonyl (C=O) groups is 2. The number of hydrogen-bond donors (Lipinski definition) is 0. The summed E-state index contributed by atoms with van der Waals surface area (Å²) in [6, 6.07) is 15.0. The van der Waals surface area contributed by atoms with Crippen LogP contribution in [0.25, 0.3) is 0 Å². The molecular formula is C32H39F3N2O5. The number of rotatable bonds is 8. The number of methoxy groups -OCH3 is 2. The lowest BCUT2D eigenvalue weighted by Crippen LogP contribution is -2.55. The van der Waals surface area contributed by atoms with Crippen LogP contribution in [0.4, 0.5) is 18.0 Å². The SMILES string of the molecule is COC(=O)N1[C@@H]2CCC[C@@H]2[C@H](N(Cc2ccc(OC)cc2)C(=O)C(F)(F)F)[C@@H]1CO[C@H]1CC[C@@H](c2ccccc2)CC1. The van der Waals surface area contributed by atoms with Crippen molar-refractivity contribution in [1.29, 1.82) is 0 Å². The van der Waals surface area contributed by atoms with Gasteiger partial charge in [-0.2, -0.15) is 13.2 Å². The van der Waals surface area contributed by atoms with Gasteiger partial charge in [-0.25, -0.2) is 4.79 Å². The number of nitrogens with zero attached hydrogens (tertiary/aromatic N) is 2. The first-order valence-corrected chi connectivity index (χ1v) is 14.7. The van der Waals surface area contributed by atoms with Crippen LogP contribution >= 0.6 is 0 Å². The molecule has 1 heterocycles. The summed E-state index contributed by atoms with van der Waals surface area (Å²) < 4.78 is 58.9. The van der Waals surface area contributed by atoms with Crippen molar-refractivity contribution in [1.82, 2.24) is 9.80 Å². The minimum Gasteiger partial charge on any atom is -0.497 e. The molecule has 2 aromatic carbocycles. The van der Waals surface area contributed by atoms with E-state index >= 15 is 0 Å². The lowest BCUT2D eigenvalue weighted by Gasteiger charge is -2.38. The van der Waals surface area contributed by atoms with Crippen LogP contribution in [0.2, 0.25) is 0 Å². The Bertz CT molecular complexity index is 1200. The Morgan fingerprint density at radius 1 is 0.929 bits per heavy atom. The second-order valence-corrected chi connectivity index (χ2v) is 11.6. The molecule has 0 bridgehead atoms. The van der Waals surface area contributed by atoms with Gasteiger partial charge < -0.3 is 19.1 Å². The molecule has 10 heteroatoms. The van der Waals surface area contributed by atoms with Gasteiger partial charge in [0.2, 0.25) is 0 Å². The third kappa shape index (κ3) is 6.38. The number of hydrogen-bond acceptors (Lipinski definition) is 5. The normalized spacial score (nSPS) is 27.4. The third-order valence-electron chi connectivity index (χ3n) is 9.29. The first-order chi connectivity index (χ1) is 20.2. The van der Waals surface area contributed by atoms with Crippen molar-refractivity contribution in [2.24, 2.45) is 5.92 Å². The van der Waals surface area contributed by atoms with Crippen LogP contribution < -0.4 is 4.74 Å². The summed E-state index contributed by atoms with van der Waals surface area (Å²) in [6.07, 6.45) is -0.183. The van der Waals surface area contributed by atoms with E-state index in [-0.39, 0.29) is 31.2 Å². The van der Waals surface area contributed by atoms with Gasteiger partial charge >= 0.3 is 18.2 Å². The molecule has 2 saturated carbocycles. The molecule has 1 aliphatic heterocycles. The van der Waals surface area contributed by atoms with Crippen molar-refractivity contribution < 1.29 is 37.0 Å². The van der Waals surface area contributed by atoms with Crippen molar-refractivity contribution in [2.45, 2.75) is 87.8 Å². The van der Waals surface area contributed by atoms with Gasteiger partial charge in [-0.3, -0.25) is 9.69 Å². The molecule has 2 amide bonds. The van der Waals surface area contributed by atoms with Gasteiger partial charge in [0.05, 0.1) is 39.0 Å². The summed E-state index contributed by atoms with van der Waals surface area (Å²) in [5, 5.41) is 0. The molecule has 0 N–H and O–H groups in total. The highest BCUT2D eigenvalue weighted by molar-refractivity contribution is 5.82. The topological polar surface area (TPSA) is 68.3 Å². The molecule has 228 valence electrons. The minimum absolute atomic E-state index is 0.0394. The summed E-state index contributed by atoms with van der Waals surface area (Å²) in [5.74, 6) is -1.21. The fourth-order valence-electron chi connectivity index (χ4n) is 7.33. The number of alkyl halides is 3. The van der Waals surface area contributed by atoms with E-state index in [0.29, 0.717) is 30.1 Å². The molecule has 3 fully saturated rings. The number of halogens is 3. The average molecular weight is 589 g/mol. The molecule has 7 nitrogen and oxygen atoms in total. The number of likely N-dealkylation sites (tertiary alicyclic amines) is 1. The molecule has 4 atom stereocenters. The fraction of sp³-hybridized carbons (Fsp3) is 0.562. The zero-order valence-corrected chi connectivity index (χ0v) is 24.1. The Kier molecular flexibility index (Phi) is 9.30. The highest BCUT2D eigenvalue weighted by atomic mass is 19.4. The standard InChI is InChI=1S/C32H39F3N2O5/c1-40-24-15-11-21(12-16-24)19-36(30(38)32(33,34)35)29-26-9-6-10-27(26)37(31(39)41-2)28(29)20-42-25-17-13-23(14-18-25)22-7-4-3-5-8-22/h3-5,7-8,11-12,15-16,23,25-29H,6,9-10,13-14,17-20H2,1-2H3/t23-,25+,26-,27+,28-,29-/m0/s1. The number of ether oxygens (including phenoxy) is 3. The quantitative estimate of drug-likeness (QED) is 0.361. The molecule has 42 heavy (non-hydrogen) atoms. The van der Waals surface area contributed by atoms with E-state index in [1.165, 1.54) is 19.8 Å². The Morgan fingerprint density at radius 3 is 2.24 bits per heavy atom. The van der Waals surface area contributed by atoms with Gasteiger partial charge in [-0.15, -0.1) is 0 Å². The Hall–Kier alpha value is -3.27. The second-order valence-electron chi connectivity index (χ2n) is 11.6. The first-order valence-electron chi connectivity index (χ1n) is 14.7. The molecule has 2 aliphatic carbocycles. The van der Waals surface area contributed by atoms with Gasteiger partial charge in [-0.1, -0.05) is 48.9 Å². The van der Waals surface area contributed by atoms with Crippen LogP contribution in [0.1, 0.15) is 62.0 Å². The average Bonchev–Trinajstić information content (AvgIpc) is 3.59. The highest BCUT2D eigenvalue weighted by Crippen LogP contribution is 2.46. The number of fused-ring (bicyclic) bond motifs is 1. The molecule has 2 aromatic rings. The summed E-state index contributed by atoms with van der Waals surface area (Å²) in [5.41, 5.74) is 1.84. The smallest absolute Gasteiger partial charge is 0.471 e. The lowest BCUT2D eigenvalue weighted by atomic mass is 9.83. The number of benzene rings is 2. The van der Waals surface area contributed by atoms with Gasteiger partial charge in [0, 0.05) is 18.5 Å². The summed E-state index contributed by atoms with van der Waals surface area (Å²) in [4.78, 5) is 28.6. The van der Waals surface area contributed by atoms with Crippen LogP contribution in [0.5, 0.6) is 5.75 Å². The molecule has 5 rings (SSSR count). The predicted molar refractivity (Wildman–Crippen MR) is 150 cm³/mol. The molecule has 0 unspecified atom stereocenters. The Labute approximate surface area is 244 Å². The van der Waals surface area contributed by atoms with Crippen molar-refractivity contribution >= 4 is 12.0 Å². The Morgan fingerprint density at radius 2 is 1.62 bits per heavy atom. The summed E-state index contributed by atoms with van der Waals surface area (Å²) >= 11 is 0. The van der Waals surface area contributed by atoms with E-state index in [2.05, 4.69) is 12.1 Å². The maximum absolute atomic E-state index is 14.1. The van der Waals surface area contributed by atoms with E-state index in [4.69, 9.17) is 14.2 Å². The maximum atomic E-state index is 14.1. The van der Waals surface area contributed by atoms with Crippen LogP contribution in [-0.2, 0) is 20.8 Å².